The summed E-state index contributed by atoms with van der Waals surface area (Å²) in [6.45, 7) is 1.35. The van der Waals surface area contributed by atoms with Gasteiger partial charge in [0.2, 0.25) is 0 Å². The average Bonchev–Trinajstić information content (AvgIpc) is 2.48. The molecule has 0 amide bonds. The molecule has 9 heteroatoms. The molecule has 0 saturated heterocycles. The zero-order valence-corrected chi connectivity index (χ0v) is 12.9. The Morgan fingerprint density at radius 2 is 1.87 bits per heavy atom. The van der Waals surface area contributed by atoms with E-state index in [4.69, 9.17) is 4.74 Å². The van der Waals surface area contributed by atoms with Crippen molar-refractivity contribution < 1.29 is 35.3 Å². The van der Waals surface area contributed by atoms with Gasteiger partial charge in [-0.25, -0.2) is 8.98 Å². The lowest BCUT2D eigenvalue weighted by molar-refractivity contribution is -0.153. The Balaban J connectivity index is 2.79. The second-order valence-corrected chi connectivity index (χ2v) is 5.95. The first-order valence-electron chi connectivity index (χ1n) is 6.48. The molecule has 0 radical (unpaired) electrons. The maximum absolute atomic E-state index is 12.3. The molecular weight excluding hydrogens is 337 g/mol. The third kappa shape index (κ3) is 6.03. The van der Waals surface area contributed by atoms with Crippen LogP contribution in [0, 0.1) is 0 Å². The van der Waals surface area contributed by atoms with Gasteiger partial charge in [-0.15, -0.1) is 0 Å². The van der Waals surface area contributed by atoms with Crippen LogP contribution in [0.2, 0.25) is 0 Å². The van der Waals surface area contributed by atoms with E-state index >= 15 is 0 Å². The van der Waals surface area contributed by atoms with E-state index in [9.17, 15) is 26.4 Å². The number of benzene rings is 1. The normalized spacial score (nSPS) is 13.9. The minimum Gasteiger partial charge on any atom is -0.459 e. The van der Waals surface area contributed by atoms with E-state index in [1.807, 2.05) is 0 Å². The van der Waals surface area contributed by atoms with E-state index in [0.29, 0.717) is 5.56 Å². The zero-order chi connectivity index (χ0) is 17.5. The first kappa shape index (κ1) is 19.2. The van der Waals surface area contributed by atoms with Crippen LogP contribution in [-0.2, 0) is 30.4 Å². The summed E-state index contributed by atoms with van der Waals surface area (Å²) in [5.41, 5.74) is -5.01. The molecule has 128 valence electrons. The van der Waals surface area contributed by atoms with Crippen molar-refractivity contribution in [1.29, 1.82) is 0 Å². The number of hydrogen-bond acceptors (Lipinski definition) is 5. The van der Waals surface area contributed by atoms with Gasteiger partial charge in [-0.2, -0.15) is 21.6 Å². The van der Waals surface area contributed by atoms with Gasteiger partial charge in [0.25, 0.3) is 0 Å². The van der Waals surface area contributed by atoms with Crippen LogP contribution in [0.1, 0.15) is 18.9 Å². The van der Waals surface area contributed by atoms with Gasteiger partial charge in [-0.05, 0) is 12.5 Å². The standard InChI is InChI=1S/C14H15F3O5S/c1-2-3-9-12(22-23(19,20)14(15,16)17)13(18)21-10-11-7-5-4-6-8-11/h2-8,12H,9-10H2,1H3/b3-2+. The highest BCUT2D eigenvalue weighted by molar-refractivity contribution is 7.87. The Morgan fingerprint density at radius 3 is 2.39 bits per heavy atom. The molecule has 5 nitrogen and oxygen atoms in total. The number of ether oxygens (including phenoxy) is 1. The molecule has 0 saturated carbocycles. The predicted molar refractivity (Wildman–Crippen MR) is 75.5 cm³/mol. The van der Waals surface area contributed by atoms with Crippen molar-refractivity contribution in [3.05, 3.63) is 48.0 Å². The highest BCUT2D eigenvalue weighted by Gasteiger charge is 2.49. The predicted octanol–water partition coefficient (Wildman–Crippen LogP) is 2.93. The summed E-state index contributed by atoms with van der Waals surface area (Å²) in [4.78, 5) is 11.8. The second kappa shape index (κ2) is 8.11. The Hall–Kier alpha value is -1.87. The lowest BCUT2D eigenvalue weighted by Crippen LogP contribution is -2.34. The van der Waals surface area contributed by atoms with Gasteiger partial charge in [0, 0.05) is 6.42 Å². The first-order valence-corrected chi connectivity index (χ1v) is 7.89. The van der Waals surface area contributed by atoms with Gasteiger partial charge in [0.05, 0.1) is 0 Å². The Bertz CT molecular complexity index is 638. The molecule has 1 aromatic carbocycles. The lowest BCUT2D eigenvalue weighted by atomic mass is 10.2. The van der Waals surface area contributed by atoms with Crippen LogP contribution in [0.25, 0.3) is 0 Å². The van der Waals surface area contributed by atoms with Crippen molar-refractivity contribution in [2.24, 2.45) is 0 Å². The largest absolute Gasteiger partial charge is 0.523 e. The highest BCUT2D eigenvalue weighted by atomic mass is 32.2. The van der Waals surface area contributed by atoms with Crippen molar-refractivity contribution in [3.8, 4) is 0 Å². The molecule has 0 heterocycles. The number of esters is 1. The number of alkyl halides is 3. The number of allylic oxidation sites excluding steroid dienone is 1. The molecule has 0 bridgehead atoms. The van der Waals surface area contributed by atoms with E-state index < -0.39 is 27.7 Å². The fourth-order valence-electron chi connectivity index (χ4n) is 1.46. The van der Waals surface area contributed by atoms with Crippen LogP contribution in [0.3, 0.4) is 0 Å². The van der Waals surface area contributed by atoms with E-state index in [0.717, 1.165) is 0 Å². The third-order valence-corrected chi connectivity index (χ3v) is 3.65. The average molecular weight is 352 g/mol. The minimum absolute atomic E-state index is 0.207. The van der Waals surface area contributed by atoms with Gasteiger partial charge >= 0.3 is 21.6 Å². The number of hydrogen-bond donors (Lipinski definition) is 0. The molecule has 1 aromatic rings. The van der Waals surface area contributed by atoms with E-state index in [1.54, 1.807) is 37.3 Å². The molecule has 0 aliphatic carbocycles. The topological polar surface area (TPSA) is 69.7 Å². The van der Waals surface area contributed by atoms with Crippen LogP contribution in [0.15, 0.2) is 42.5 Å². The Labute approximate surface area is 131 Å². The molecule has 1 rings (SSSR count). The lowest BCUT2D eigenvalue weighted by Gasteiger charge is -2.16. The van der Waals surface area contributed by atoms with Crippen LogP contribution < -0.4 is 0 Å². The van der Waals surface area contributed by atoms with Crippen molar-refractivity contribution in [1.82, 2.24) is 0 Å². The zero-order valence-electron chi connectivity index (χ0n) is 12.1. The van der Waals surface area contributed by atoms with Crippen LogP contribution >= 0.6 is 0 Å². The Kier molecular flexibility index (Phi) is 6.77. The first-order chi connectivity index (χ1) is 10.7. The maximum Gasteiger partial charge on any atom is 0.523 e. The fraction of sp³-hybridized carbons (Fsp3) is 0.357. The summed E-state index contributed by atoms with van der Waals surface area (Å²) in [6.07, 6.45) is 0.488. The van der Waals surface area contributed by atoms with Gasteiger partial charge in [-0.3, -0.25) is 0 Å². The molecule has 0 spiro atoms. The van der Waals surface area contributed by atoms with Gasteiger partial charge in [-0.1, -0.05) is 42.5 Å². The minimum atomic E-state index is -5.89. The van der Waals surface area contributed by atoms with Crippen LogP contribution in [0.4, 0.5) is 13.2 Å². The molecule has 1 unspecified atom stereocenters. The van der Waals surface area contributed by atoms with Crippen LogP contribution in [-0.4, -0.2) is 26.0 Å². The summed E-state index contributed by atoms with van der Waals surface area (Å²) in [7, 11) is -5.89. The van der Waals surface area contributed by atoms with Gasteiger partial charge in [0.15, 0.2) is 6.10 Å². The van der Waals surface area contributed by atoms with Gasteiger partial charge in [0.1, 0.15) is 6.61 Å². The summed E-state index contributed by atoms with van der Waals surface area (Å²) >= 11 is 0. The summed E-state index contributed by atoms with van der Waals surface area (Å²) in [5, 5.41) is 0. The summed E-state index contributed by atoms with van der Waals surface area (Å²) < 4.78 is 67.9. The number of halogens is 3. The van der Waals surface area contributed by atoms with E-state index in [1.165, 1.54) is 12.2 Å². The van der Waals surface area contributed by atoms with Gasteiger partial charge < -0.3 is 4.74 Å². The molecule has 23 heavy (non-hydrogen) atoms. The number of carbonyl (C=O) groups is 1. The second-order valence-electron chi connectivity index (χ2n) is 4.38. The molecule has 1 atom stereocenters. The number of rotatable bonds is 7. The van der Waals surface area contributed by atoms with Crippen molar-refractivity contribution in [2.75, 3.05) is 0 Å². The Morgan fingerprint density at radius 1 is 1.26 bits per heavy atom. The molecule has 0 aliphatic heterocycles. The smallest absolute Gasteiger partial charge is 0.459 e. The summed E-state index contributed by atoms with van der Waals surface area (Å²) in [5.74, 6) is -1.19. The summed E-state index contributed by atoms with van der Waals surface area (Å²) in [6, 6.07) is 8.39. The molecule has 0 fully saturated rings. The monoisotopic (exact) mass is 352 g/mol. The maximum atomic E-state index is 12.3. The van der Waals surface area contributed by atoms with E-state index in [-0.39, 0.29) is 13.0 Å². The van der Waals surface area contributed by atoms with E-state index in [2.05, 4.69) is 4.18 Å². The molecule has 0 N–H and O–H groups in total. The van der Waals surface area contributed by atoms with Crippen molar-refractivity contribution in [3.63, 3.8) is 0 Å². The van der Waals surface area contributed by atoms with Crippen molar-refractivity contribution in [2.45, 2.75) is 31.6 Å². The quantitative estimate of drug-likeness (QED) is 0.327. The molecular formula is C14H15F3O5S. The highest BCUT2D eigenvalue weighted by Crippen LogP contribution is 2.26. The molecule has 0 aliphatic rings. The molecule has 0 aromatic heterocycles. The third-order valence-electron chi connectivity index (χ3n) is 2.60. The fourth-order valence-corrected chi connectivity index (χ4v) is 2.04. The number of carbonyl (C=O) groups excluding carboxylic acids is 1. The SMILES string of the molecule is C/C=C/CC(OS(=O)(=O)C(F)(F)F)C(=O)OCc1ccccc1. The van der Waals surface area contributed by atoms with Crippen molar-refractivity contribution >= 4 is 16.1 Å². The van der Waals surface area contributed by atoms with Crippen LogP contribution in [0.5, 0.6) is 0 Å².